The molecule has 2 aromatic heterocycles. The molecule has 0 radical (unpaired) electrons. The average Bonchev–Trinajstić information content (AvgIpc) is 2.72. The molecule has 1 aliphatic rings. The highest BCUT2D eigenvalue weighted by molar-refractivity contribution is 5.93. The topological polar surface area (TPSA) is 88.3 Å². The van der Waals surface area contributed by atoms with Crippen LogP contribution in [0.1, 0.15) is 41.2 Å². The third-order valence-corrected chi connectivity index (χ3v) is 4.82. The molecule has 1 fully saturated rings. The number of nitrogens with one attached hydrogen (secondary N) is 1. The zero-order valence-electron chi connectivity index (χ0n) is 15.8. The van der Waals surface area contributed by atoms with Crippen molar-refractivity contribution in [2.75, 3.05) is 18.0 Å². The zero-order valence-corrected chi connectivity index (χ0v) is 15.8. The average molecular weight is 378 g/mol. The number of nitrogens with zero attached hydrogens (tertiary/aromatic N) is 3. The number of carbonyl (C=O) groups is 1. The lowest BCUT2D eigenvalue weighted by Gasteiger charge is -2.27. The highest BCUT2D eigenvalue weighted by Crippen LogP contribution is 2.17. The largest absolute Gasteiger partial charge is 0.451 e. The summed E-state index contributed by atoms with van der Waals surface area (Å²) in [5.41, 5.74) is 1.74. The first-order valence-corrected chi connectivity index (χ1v) is 9.51. The molecule has 7 heteroatoms. The van der Waals surface area contributed by atoms with Crippen molar-refractivity contribution in [3.8, 4) is 0 Å². The van der Waals surface area contributed by atoms with E-state index >= 15 is 0 Å². The van der Waals surface area contributed by atoms with Gasteiger partial charge >= 0.3 is 0 Å². The summed E-state index contributed by atoms with van der Waals surface area (Å²) < 4.78 is 5.58. The van der Waals surface area contributed by atoms with Crippen LogP contribution in [0.4, 0.5) is 5.95 Å². The lowest BCUT2D eigenvalue weighted by molar-refractivity contribution is 0.0923. The summed E-state index contributed by atoms with van der Waals surface area (Å²) in [5, 5.41) is 3.24. The normalized spacial score (nSPS) is 14.2. The Balaban J connectivity index is 1.50. The van der Waals surface area contributed by atoms with Crippen molar-refractivity contribution in [2.45, 2.75) is 32.7 Å². The summed E-state index contributed by atoms with van der Waals surface area (Å²) in [6, 6.07) is 9.95. The van der Waals surface area contributed by atoms with Gasteiger partial charge in [-0.25, -0.2) is 9.97 Å². The fourth-order valence-corrected chi connectivity index (χ4v) is 3.42. The lowest BCUT2D eigenvalue weighted by atomic mass is 10.1. The summed E-state index contributed by atoms with van der Waals surface area (Å²) in [6.07, 6.45) is 3.52. The van der Waals surface area contributed by atoms with E-state index in [1.807, 2.05) is 13.0 Å². The fraction of sp³-hybridized carbons (Fsp3) is 0.333. The molecule has 0 spiro atoms. The molecule has 144 valence electrons. The smallest absolute Gasteiger partial charge is 0.287 e. The number of hydrogen-bond donors (Lipinski definition) is 1. The molecule has 0 atom stereocenters. The van der Waals surface area contributed by atoms with Crippen LogP contribution in [0.25, 0.3) is 11.0 Å². The maximum Gasteiger partial charge on any atom is 0.287 e. The standard InChI is InChI=1S/C21H22N4O3/c1-14-11-15(24-21(23-14)25-9-5-2-6-10-25)13-22-20(27)19-12-17(26)16-7-3-4-8-18(16)28-19/h3-4,7-8,11-12H,2,5-6,9-10,13H2,1H3,(H,22,27). The van der Waals surface area contributed by atoms with E-state index in [1.165, 1.54) is 12.5 Å². The van der Waals surface area contributed by atoms with Crippen LogP contribution >= 0.6 is 0 Å². The van der Waals surface area contributed by atoms with E-state index in [1.54, 1.807) is 24.3 Å². The van der Waals surface area contributed by atoms with Crippen molar-refractivity contribution < 1.29 is 9.21 Å². The Morgan fingerprint density at radius 1 is 1.14 bits per heavy atom. The van der Waals surface area contributed by atoms with Crippen molar-refractivity contribution in [1.29, 1.82) is 0 Å². The van der Waals surface area contributed by atoms with Crippen LogP contribution in [0.3, 0.4) is 0 Å². The van der Waals surface area contributed by atoms with E-state index in [4.69, 9.17) is 4.42 Å². The molecule has 3 aromatic rings. The van der Waals surface area contributed by atoms with E-state index in [2.05, 4.69) is 20.2 Å². The number of benzene rings is 1. The maximum absolute atomic E-state index is 12.5. The predicted molar refractivity (Wildman–Crippen MR) is 106 cm³/mol. The minimum absolute atomic E-state index is 0.00858. The van der Waals surface area contributed by atoms with Crippen LogP contribution in [0.15, 0.2) is 45.6 Å². The molecule has 28 heavy (non-hydrogen) atoms. The van der Waals surface area contributed by atoms with Crippen molar-refractivity contribution in [3.05, 3.63) is 63.8 Å². The van der Waals surface area contributed by atoms with Gasteiger partial charge in [0.25, 0.3) is 5.91 Å². The number of anilines is 1. The summed E-state index contributed by atoms with van der Waals surface area (Å²) in [6.45, 7) is 4.07. The van der Waals surface area contributed by atoms with Gasteiger partial charge in [0.1, 0.15) is 5.58 Å². The Labute approximate surface area is 162 Å². The zero-order chi connectivity index (χ0) is 19.5. The summed E-state index contributed by atoms with van der Waals surface area (Å²) in [5.74, 6) is 0.255. The van der Waals surface area contributed by atoms with Gasteiger partial charge in [-0.2, -0.15) is 0 Å². The summed E-state index contributed by atoms with van der Waals surface area (Å²) >= 11 is 0. The van der Waals surface area contributed by atoms with Gasteiger partial charge in [0.2, 0.25) is 5.95 Å². The monoisotopic (exact) mass is 378 g/mol. The van der Waals surface area contributed by atoms with Crippen molar-refractivity contribution in [2.24, 2.45) is 0 Å². The second-order valence-corrected chi connectivity index (χ2v) is 7.00. The molecular formula is C21H22N4O3. The van der Waals surface area contributed by atoms with Crippen LogP contribution in [0.2, 0.25) is 0 Å². The van der Waals surface area contributed by atoms with E-state index in [-0.39, 0.29) is 17.7 Å². The van der Waals surface area contributed by atoms with E-state index in [0.717, 1.165) is 37.3 Å². The number of amides is 1. The highest BCUT2D eigenvalue weighted by Gasteiger charge is 2.16. The van der Waals surface area contributed by atoms with E-state index < -0.39 is 5.91 Å². The molecule has 0 bridgehead atoms. The first-order chi connectivity index (χ1) is 13.6. The molecular weight excluding hydrogens is 356 g/mol. The second kappa shape index (κ2) is 7.80. The Kier molecular flexibility index (Phi) is 5.06. The van der Waals surface area contributed by atoms with Gasteiger partial charge in [-0.3, -0.25) is 9.59 Å². The molecule has 3 heterocycles. The Bertz CT molecular complexity index is 1070. The molecule has 1 N–H and O–H groups in total. The Hall–Kier alpha value is -3.22. The lowest BCUT2D eigenvalue weighted by Crippen LogP contribution is -2.32. The molecule has 1 aliphatic heterocycles. The Morgan fingerprint density at radius 3 is 2.75 bits per heavy atom. The summed E-state index contributed by atoms with van der Waals surface area (Å²) in [4.78, 5) is 36.0. The third-order valence-electron chi connectivity index (χ3n) is 4.82. The molecule has 7 nitrogen and oxygen atoms in total. The third kappa shape index (κ3) is 3.88. The van der Waals surface area contributed by atoms with Crippen molar-refractivity contribution in [1.82, 2.24) is 15.3 Å². The molecule has 1 aromatic carbocycles. The van der Waals surface area contributed by atoms with Crippen molar-refractivity contribution in [3.63, 3.8) is 0 Å². The number of rotatable bonds is 4. The number of fused-ring (bicyclic) bond motifs is 1. The number of piperidine rings is 1. The van der Waals surface area contributed by atoms with Crippen LogP contribution in [0.5, 0.6) is 0 Å². The highest BCUT2D eigenvalue weighted by atomic mass is 16.3. The van der Waals surface area contributed by atoms with Crippen molar-refractivity contribution >= 4 is 22.8 Å². The molecule has 0 aliphatic carbocycles. The molecule has 0 unspecified atom stereocenters. The van der Waals surface area contributed by atoms with Crippen LogP contribution < -0.4 is 15.6 Å². The van der Waals surface area contributed by atoms with Gasteiger partial charge in [0.15, 0.2) is 11.2 Å². The number of aromatic nitrogens is 2. The van der Waals surface area contributed by atoms with E-state index in [0.29, 0.717) is 16.9 Å². The molecule has 4 rings (SSSR count). The maximum atomic E-state index is 12.5. The van der Waals surface area contributed by atoms with Gasteiger partial charge in [0, 0.05) is 24.8 Å². The quantitative estimate of drug-likeness (QED) is 0.751. The minimum atomic E-state index is -0.446. The Morgan fingerprint density at radius 2 is 1.93 bits per heavy atom. The van der Waals surface area contributed by atoms with Gasteiger partial charge in [-0.05, 0) is 44.4 Å². The van der Waals surface area contributed by atoms with Gasteiger partial charge in [-0.15, -0.1) is 0 Å². The minimum Gasteiger partial charge on any atom is -0.451 e. The van der Waals surface area contributed by atoms with Gasteiger partial charge in [0.05, 0.1) is 17.6 Å². The van der Waals surface area contributed by atoms with Crippen LogP contribution in [0, 0.1) is 6.92 Å². The SMILES string of the molecule is Cc1cc(CNC(=O)c2cc(=O)c3ccccc3o2)nc(N2CCCCC2)n1. The first-order valence-electron chi connectivity index (χ1n) is 9.51. The molecule has 0 saturated carbocycles. The fourth-order valence-electron chi connectivity index (χ4n) is 3.42. The first kappa shape index (κ1) is 18.2. The number of para-hydroxylation sites is 1. The number of hydrogen-bond acceptors (Lipinski definition) is 6. The number of carbonyl (C=O) groups excluding carboxylic acids is 1. The van der Waals surface area contributed by atoms with E-state index in [9.17, 15) is 9.59 Å². The number of aryl methyl sites for hydroxylation is 1. The second-order valence-electron chi connectivity index (χ2n) is 7.00. The molecule has 1 amide bonds. The van der Waals surface area contributed by atoms with Crippen LogP contribution in [-0.2, 0) is 6.54 Å². The summed E-state index contributed by atoms with van der Waals surface area (Å²) in [7, 11) is 0. The predicted octanol–water partition coefficient (Wildman–Crippen LogP) is 2.81. The molecule has 1 saturated heterocycles. The van der Waals surface area contributed by atoms with Gasteiger partial charge in [-0.1, -0.05) is 12.1 Å². The van der Waals surface area contributed by atoms with Gasteiger partial charge < -0.3 is 14.6 Å². The van der Waals surface area contributed by atoms with Crippen LogP contribution in [-0.4, -0.2) is 29.0 Å².